The molecular formula is C15H12F4N6O2. The van der Waals surface area contributed by atoms with Crippen LogP contribution in [0.3, 0.4) is 0 Å². The number of aromatic nitrogens is 4. The van der Waals surface area contributed by atoms with Gasteiger partial charge in [-0.2, -0.15) is 4.52 Å². The quantitative estimate of drug-likeness (QED) is 0.678. The Kier molecular flexibility index (Phi) is 2.95. The van der Waals surface area contributed by atoms with Crippen LogP contribution >= 0.6 is 0 Å². The second kappa shape index (κ2) is 4.88. The third kappa shape index (κ3) is 2.36. The van der Waals surface area contributed by atoms with Gasteiger partial charge in [-0.15, -0.1) is 13.9 Å². The lowest BCUT2D eigenvalue weighted by atomic mass is 10.1. The number of nitrogens with two attached hydrogens (primary N) is 1. The summed E-state index contributed by atoms with van der Waals surface area (Å²) in [5, 5.41) is 4.61. The molecule has 8 nitrogen and oxygen atoms in total. The predicted octanol–water partition coefficient (Wildman–Crippen LogP) is 2.19. The van der Waals surface area contributed by atoms with E-state index >= 15 is 0 Å². The van der Waals surface area contributed by atoms with Crippen molar-refractivity contribution in [2.24, 2.45) is 0 Å². The molecule has 2 N–H and O–H groups in total. The van der Waals surface area contributed by atoms with Gasteiger partial charge in [0.2, 0.25) is 5.95 Å². The fourth-order valence-electron chi connectivity index (χ4n) is 3.28. The molecule has 3 aromatic rings. The molecule has 5 rings (SSSR count). The first-order valence-corrected chi connectivity index (χ1v) is 8.00. The van der Waals surface area contributed by atoms with Gasteiger partial charge in [0, 0.05) is 5.39 Å². The summed E-state index contributed by atoms with van der Waals surface area (Å²) in [5.74, 6) is -2.96. The van der Waals surface area contributed by atoms with Crippen molar-refractivity contribution in [2.75, 3.05) is 18.8 Å². The SMILES string of the molecule is CC(c1nc2c3ccc4c(c3nc(N)n2n1)OC(F)(F)O4)N1CC(F)(F)C1. The number of alkyl halides is 4. The van der Waals surface area contributed by atoms with Crippen molar-refractivity contribution in [2.45, 2.75) is 25.2 Å². The van der Waals surface area contributed by atoms with E-state index in [0.717, 1.165) is 0 Å². The lowest BCUT2D eigenvalue weighted by molar-refractivity contribution is -0.286. The second-order valence-corrected chi connectivity index (χ2v) is 6.57. The molecule has 0 radical (unpaired) electrons. The number of hydrogen-bond donors (Lipinski definition) is 1. The first-order chi connectivity index (χ1) is 12.6. The highest BCUT2D eigenvalue weighted by Crippen LogP contribution is 2.45. The van der Waals surface area contributed by atoms with Crippen molar-refractivity contribution < 1.29 is 27.0 Å². The number of fused-ring (bicyclic) bond motifs is 5. The number of halogens is 4. The Hall–Kier alpha value is -2.89. The van der Waals surface area contributed by atoms with Gasteiger partial charge in [0.1, 0.15) is 5.52 Å². The summed E-state index contributed by atoms with van der Waals surface area (Å²) in [7, 11) is 0. The fourth-order valence-corrected chi connectivity index (χ4v) is 3.28. The number of ether oxygens (including phenoxy) is 2. The van der Waals surface area contributed by atoms with Gasteiger partial charge in [-0.1, -0.05) is 0 Å². The molecule has 27 heavy (non-hydrogen) atoms. The van der Waals surface area contributed by atoms with E-state index in [4.69, 9.17) is 5.73 Å². The highest BCUT2D eigenvalue weighted by atomic mass is 19.3. The molecule has 4 heterocycles. The van der Waals surface area contributed by atoms with E-state index in [1.807, 2.05) is 0 Å². The van der Waals surface area contributed by atoms with E-state index in [-0.39, 0.29) is 47.5 Å². The Morgan fingerprint density at radius 3 is 2.59 bits per heavy atom. The van der Waals surface area contributed by atoms with Crippen LogP contribution in [0.4, 0.5) is 23.5 Å². The molecule has 0 amide bonds. The van der Waals surface area contributed by atoms with Crippen LogP contribution in [0.1, 0.15) is 18.8 Å². The van der Waals surface area contributed by atoms with E-state index in [1.54, 1.807) is 6.92 Å². The standard InChI is InChI=1S/C15H12F4N6O2/c1-6(24-4-14(16,17)5-24)11-22-12-7-2-3-8-10(27-15(18,19)26-8)9(7)21-13(20)25(12)23-11/h2-3,6H,4-5H2,1H3,(H2,20,21). The summed E-state index contributed by atoms with van der Waals surface area (Å²) >= 11 is 0. The molecule has 1 atom stereocenters. The average Bonchev–Trinajstić information content (AvgIpc) is 3.12. The fraction of sp³-hybridized carbons (Fsp3) is 0.400. The van der Waals surface area contributed by atoms with Crippen LogP contribution in [0.25, 0.3) is 16.6 Å². The van der Waals surface area contributed by atoms with Crippen molar-refractivity contribution >= 4 is 22.5 Å². The molecule has 1 fully saturated rings. The molecule has 2 aromatic heterocycles. The van der Waals surface area contributed by atoms with E-state index in [0.29, 0.717) is 5.39 Å². The molecule has 2 aliphatic rings. The highest BCUT2D eigenvalue weighted by Gasteiger charge is 2.47. The minimum absolute atomic E-state index is 0.0526. The van der Waals surface area contributed by atoms with Gasteiger partial charge in [0.15, 0.2) is 23.0 Å². The molecule has 0 spiro atoms. The van der Waals surface area contributed by atoms with Crippen LogP contribution in [-0.4, -0.2) is 49.8 Å². The third-order valence-corrected chi connectivity index (χ3v) is 4.64. The van der Waals surface area contributed by atoms with Gasteiger partial charge in [-0.25, -0.2) is 18.7 Å². The minimum atomic E-state index is -3.80. The van der Waals surface area contributed by atoms with Crippen molar-refractivity contribution in [3.63, 3.8) is 0 Å². The van der Waals surface area contributed by atoms with Crippen LogP contribution < -0.4 is 15.2 Å². The van der Waals surface area contributed by atoms with Crippen molar-refractivity contribution in [3.8, 4) is 11.5 Å². The van der Waals surface area contributed by atoms with Crippen LogP contribution in [0, 0.1) is 0 Å². The number of nitrogen functional groups attached to an aromatic ring is 1. The van der Waals surface area contributed by atoms with Gasteiger partial charge >= 0.3 is 6.29 Å². The molecule has 0 bridgehead atoms. The lowest BCUT2D eigenvalue weighted by Gasteiger charge is -2.41. The Morgan fingerprint density at radius 1 is 1.15 bits per heavy atom. The topological polar surface area (TPSA) is 90.8 Å². The van der Waals surface area contributed by atoms with E-state index < -0.39 is 18.3 Å². The van der Waals surface area contributed by atoms with E-state index in [9.17, 15) is 17.6 Å². The molecule has 12 heteroatoms. The number of benzene rings is 1. The maximum atomic E-state index is 13.4. The molecule has 0 aliphatic carbocycles. The second-order valence-electron chi connectivity index (χ2n) is 6.57. The van der Waals surface area contributed by atoms with Crippen LogP contribution in [0.5, 0.6) is 11.5 Å². The summed E-state index contributed by atoms with van der Waals surface area (Å²) in [6.07, 6.45) is -3.80. The minimum Gasteiger partial charge on any atom is -0.395 e. The van der Waals surface area contributed by atoms with Crippen LogP contribution in [0.2, 0.25) is 0 Å². The van der Waals surface area contributed by atoms with Gasteiger partial charge < -0.3 is 15.2 Å². The monoisotopic (exact) mass is 384 g/mol. The predicted molar refractivity (Wildman–Crippen MR) is 83.8 cm³/mol. The zero-order valence-electron chi connectivity index (χ0n) is 13.8. The Balaban J connectivity index is 1.63. The molecule has 1 aromatic carbocycles. The summed E-state index contributed by atoms with van der Waals surface area (Å²) < 4.78 is 63.2. The lowest BCUT2D eigenvalue weighted by Crippen LogP contribution is -2.56. The summed E-state index contributed by atoms with van der Waals surface area (Å²) in [5.41, 5.74) is 6.21. The van der Waals surface area contributed by atoms with Crippen LogP contribution in [0.15, 0.2) is 12.1 Å². The zero-order chi connectivity index (χ0) is 19.1. The molecule has 1 saturated heterocycles. The third-order valence-electron chi connectivity index (χ3n) is 4.64. The number of hydrogen-bond acceptors (Lipinski definition) is 7. The number of anilines is 1. The summed E-state index contributed by atoms with van der Waals surface area (Å²) in [6, 6.07) is 2.32. The number of likely N-dealkylation sites (tertiary alicyclic amines) is 1. The van der Waals surface area contributed by atoms with Crippen molar-refractivity contribution in [1.29, 1.82) is 0 Å². The highest BCUT2D eigenvalue weighted by molar-refractivity contribution is 5.97. The van der Waals surface area contributed by atoms with Gasteiger partial charge in [0.05, 0.1) is 19.1 Å². The van der Waals surface area contributed by atoms with Gasteiger partial charge in [-0.3, -0.25) is 4.90 Å². The first kappa shape index (κ1) is 16.3. The zero-order valence-corrected chi connectivity index (χ0v) is 13.8. The maximum Gasteiger partial charge on any atom is 0.586 e. The van der Waals surface area contributed by atoms with Crippen molar-refractivity contribution in [3.05, 3.63) is 18.0 Å². The summed E-state index contributed by atoms with van der Waals surface area (Å²) in [6.45, 7) is 0.933. The first-order valence-electron chi connectivity index (χ1n) is 8.00. The molecule has 142 valence electrons. The Bertz CT molecular complexity index is 1090. The normalized spacial score (nSPS) is 21.5. The molecule has 2 aliphatic heterocycles. The molecule has 0 saturated carbocycles. The maximum absolute atomic E-state index is 13.4. The Morgan fingerprint density at radius 2 is 1.89 bits per heavy atom. The van der Waals surface area contributed by atoms with Crippen molar-refractivity contribution in [1.82, 2.24) is 24.5 Å². The van der Waals surface area contributed by atoms with Crippen LogP contribution in [-0.2, 0) is 0 Å². The summed E-state index contributed by atoms with van der Waals surface area (Å²) in [4.78, 5) is 9.98. The van der Waals surface area contributed by atoms with E-state index in [2.05, 4.69) is 24.5 Å². The smallest absolute Gasteiger partial charge is 0.395 e. The van der Waals surface area contributed by atoms with Gasteiger partial charge in [-0.05, 0) is 19.1 Å². The van der Waals surface area contributed by atoms with E-state index in [1.165, 1.54) is 21.5 Å². The largest absolute Gasteiger partial charge is 0.586 e. The number of rotatable bonds is 2. The molecular weight excluding hydrogens is 372 g/mol. The Labute approximate surface area is 148 Å². The van der Waals surface area contributed by atoms with Gasteiger partial charge in [0.25, 0.3) is 5.92 Å². The number of nitrogens with zero attached hydrogens (tertiary/aromatic N) is 5. The average molecular weight is 384 g/mol. The molecule has 1 unspecified atom stereocenters.